The molecule has 2 heterocycles. The topological polar surface area (TPSA) is 73.2 Å². The fourth-order valence-corrected chi connectivity index (χ4v) is 4.67. The van der Waals surface area contributed by atoms with Crippen molar-refractivity contribution in [3.8, 4) is 5.75 Å². The zero-order valence-electron chi connectivity index (χ0n) is 14.8. The first-order chi connectivity index (χ1) is 12.4. The van der Waals surface area contributed by atoms with E-state index in [1.54, 1.807) is 34.3 Å². The molecule has 0 radical (unpaired) electrons. The van der Waals surface area contributed by atoms with Crippen LogP contribution >= 0.6 is 11.3 Å². The lowest BCUT2D eigenvalue weighted by Crippen LogP contribution is -2.31. The van der Waals surface area contributed by atoms with Crippen LogP contribution in [0, 0.1) is 13.8 Å². The lowest BCUT2D eigenvalue weighted by atomic mass is 10.1. The molecular formula is C18H21N3O3S2. The van der Waals surface area contributed by atoms with Crippen LogP contribution in [0.1, 0.15) is 22.7 Å². The fraction of sp³-hybridized carbons (Fsp3) is 0.278. The van der Waals surface area contributed by atoms with Crippen LogP contribution in [0.25, 0.3) is 0 Å². The predicted octanol–water partition coefficient (Wildman–Crippen LogP) is 3.14. The van der Waals surface area contributed by atoms with E-state index in [9.17, 15) is 8.42 Å². The number of rotatable bonds is 7. The molecule has 0 saturated carbocycles. The number of hydrogen-bond acceptors (Lipinski definition) is 5. The molecule has 0 bridgehead atoms. The van der Waals surface area contributed by atoms with Gasteiger partial charge in [-0.3, -0.25) is 4.68 Å². The highest BCUT2D eigenvalue weighted by Crippen LogP contribution is 2.28. The molecule has 3 aromatic rings. The highest BCUT2D eigenvalue weighted by Gasteiger charge is 2.23. The number of benzene rings is 1. The molecule has 0 unspecified atom stereocenters. The van der Waals surface area contributed by atoms with Crippen LogP contribution in [0.3, 0.4) is 0 Å². The Hall–Kier alpha value is -2.16. The van der Waals surface area contributed by atoms with Gasteiger partial charge >= 0.3 is 0 Å². The Labute approximate surface area is 157 Å². The van der Waals surface area contributed by atoms with Gasteiger partial charge in [-0.15, -0.1) is 0 Å². The summed E-state index contributed by atoms with van der Waals surface area (Å²) in [5.74, 6) is 0.340. The molecule has 1 N–H and O–H groups in total. The van der Waals surface area contributed by atoms with Crippen LogP contribution < -0.4 is 9.46 Å². The van der Waals surface area contributed by atoms with Gasteiger partial charge in [0.15, 0.2) is 0 Å². The number of thiophene rings is 1. The van der Waals surface area contributed by atoms with Crippen molar-refractivity contribution in [2.24, 2.45) is 0 Å². The van der Waals surface area contributed by atoms with E-state index in [-0.39, 0.29) is 17.5 Å². The third kappa shape index (κ3) is 3.82. The maximum absolute atomic E-state index is 12.9. The summed E-state index contributed by atoms with van der Waals surface area (Å²) in [5, 5.41) is 8.23. The van der Waals surface area contributed by atoms with Crippen molar-refractivity contribution in [1.82, 2.24) is 14.5 Å². The third-order valence-electron chi connectivity index (χ3n) is 4.31. The maximum Gasteiger partial charge on any atom is 0.244 e. The van der Waals surface area contributed by atoms with Gasteiger partial charge in [0.25, 0.3) is 0 Å². The number of nitrogens with zero attached hydrogens (tertiary/aromatic N) is 2. The van der Waals surface area contributed by atoms with Gasteiger partial charge in [0.05, 0.1) is 13.2 Å². The lowest BCUT2D eigenvalue weighted by molar-refractivity contribution is 0.401. The largest absolute Gasteiger partial charge is 0.495 e. The first kappa shape index (κ1) is 18.6. The van der Waals surface area contributed by atoms with Crippen LogP contribution in [0.4, 0.5) is 0 Å². The van der Waals surface area contributed by atoms with E-state index in [0.717, 1.165) is 16.7 Å². The van der Waals surface area contributed by atoms with Crippen LogP contribution in [0.15, 0.2) is 52.3 Å². The van der Waals surface area contributed by atoms with Crippen molar-refractivity contribution >= 4 is 21.4 Å². The van der Waals surface area contributed by atoms with Gasteiger partial charge in [0.1, 0.15) is 10.6 Å². The summed E-state index contributed by atoms with van der Waals surface area (Å²) in [6.45, 7) is 3.99. The number of nitrogens with one attached hydrogen (secondary N) is 1. The van der Waals surface area contributed by atoms with Crippen LogP contribution in [-0.4, -0.2) is 31.9 Å². The molecule has 1 atom stereocenters. The summed E-state index contributed by atoms with van der Waals surface area (Å²) in [6, 6.07) is 6.96. The normalized spacial score (nSPS) is 12.9. The minimum absolute atomic E-state index is 0.146. The van der Waals surface area contributed by atoms with Crippen molar-refractivity contribution in [3.63, 3.8) is 0 Å². The zero-order chi connectivity index (χ0) is 18.7. The lowest BCUT2D eigenvalue weighted by Gasteiger charge is -2.19. The molecule has 0 amide bonds. The maximum atomic E-state index is 12.9. The molecule has 0 aliphatic heterocycles. The molecule has 6 nitrogen and oxygen atoms in total. The second-order valence-electron chi connectivity index (χ2n) is 6.00. The van der Waals surface area contributed by atoms with Gasteiger partial charge in [-0.25, -0.2) is 13.1 Å². The van der Waals surface area contributed by atoms with Gasteiger partial charge < -0.3 is 4.74 Å². The van der Waals surface area contributed by atoms with Gasteiger partial charge in [-0.05, 0) is 65.6 Å². The molecular weight excluding hydrogens is 370 g/mol. The molecule has 0 spiro atoms. The fourth-order valence-electron chi connectivity index (χ4n) is 2.69. The number of aryl methyl sites for hydroxylation is 2. The summed E-state index contributed by atoms with van der Waals surface area (Å²) in [5.41, 5.74) is 2.88. The third-order valence-corrected chi connectivity index (χ3v) is 6.45. The summed E-state index contributed by atoms with van der Waals surface area (Å²) < 4.78 is 35.5. The van der Waals surface area contributed by atoms with E-state index in [1.165, 1.54) is 7.11 Å². The molecule has 26 heavy (non-hydrogen) atoms. The van der Waals surface area contributed by atoms with E-state index in [0.29, 0.717) is 5.75 Å². The SMILES string of the molecule is COc1cc(C)c(C)cc1S(=O)(=O)NC[C@H](c1ccsc1)n1cccn1. The Morgan fingerprint density at radius 3 is 2.69 bits per heavy atom. The van der Waals surface area contributed by atoms with E-state index in [4.69, 9.17) is 4.74 Å². The minimum atomic E-state index is -3.73. The van der Waals surface area contributed by atoms with Crippen molar-refractivity contribution in [1.29, 1.82) is 0 Å². The predicted molar refractivity (Wildman–Crippen MR) is 102 cm³/mol. The van der Waals surface area contributed by atoms with E-state index in [2.05, 4.69) is 9.82 Å². The van der Waals surface area contributed by atoms with Crippen LogP contribution in [0.2, 0.25) is 0 Å². The number of hydrogen-bond donors (Lipinski definition) is 1. The first-order valence-electron chi connectivity index (χ1n) is 8.08. The second-order valence-corrected chi connectivity index (χ2v) is 8.51. The molecule has 138 valence electrons. The highest BCUT2D eigenvalue weighted by molar-refractivity contribution is 7.89. The quantitative estimate of drug-likeness (QED) is 0.672. The van der Waals surface area contributed by atoms with E-state index < -0.39 is 10.0 Å². The van der Waals surface area contributed by atoms with Crippen molar-refractivity contribution in [3.05, 3.63) is 64.1 Å². The zero-order valence-corrected chi connectivity index (χ0v) is 16.5. The smallest absolute Gasteiger partial charge is 0.244 e. The Bertz CT molecular complexity index is 931. The standard InChI is InChI=1S/C18H21N3O3S2/c1-13-9-17(24-3)18(10-14(13)2)26(22,23)20-11-16(15-5-8-25-12-15)21-7-4-6-19-21/h4-10,12,16,20H,11H2,1-3H3/t16-/m1/s1. The average molecular weight is 392 g/mol. The molecule has 0 fully saturated rings. The van der Waals surface area contributed by atoms with Gasteiger partial charge in [0, 0.05) is 18.9 Å². The molecule has 1 aromatic carbocycles. The van der Waals surface area contributed by atoms with E-state index >= 15 is 0 Å². The Kier molecular flexibility index (Phi) is 5.45. The molecule has 0 saturated heterocycles. The molecule has 3 rings (SSSR count). The van der Waals surface area contributed by atoms with Gasteiger partial charge in [0.2, 0.25) is 10.0 Å². The minimum Gasteiger partial charge on any atom is -0.495 e. The molecule has 8 heteroatoms. The average Bonchev–Trinajstić information content (AvgIpc) is 3.31. The van der Waals surface area contributed by atoms with Crippen molar-refractivity contribution in [2.75, 3.05) is 13.7 Å². The Balaban J connectivity index is 1.89. The highest BCUT2D eigenvalue weighted by atomic mass is 32.2. The first-order valence-corrected chi connectivity index (χ1v) is 10.5. The molecule has 0 aliphatic carbocycles. The summed E-state index contributed by atoms with van der Waals surface area (Å²) in [4.78, 5) is 0.146. The number of ether oxygens (including phenoxy) is 1. The van der Waals surface area contributed by atoms with Gasteiger partial charge in [-0.1, -0.05) is 0 Å². The van der Waals surface area contributed by atoms with Crippen molar-refractivity contribution in [2.45, 2.75) is 24.8 Å². The van der Waals surface area contributed by atoms with E-state index in [1.807, 2.05) is 42.9 Å². The molecule has 2 aromatic heterocycles. The summed E-state index contributed by atoms with van der Waals surface area (Å²) >= 11 is 1.57. The number of sulfonamides is 1. The summed E-state index contributed by atoms with van der Waals surface area (Å²) in [7, 11) is -2.26. The number of methoxy groups -OCH3 is 1. The van der Waals surface area contributed by atoms with Crippen molar-refractivity contribution < 1.29 is 13.2 Å². The van der Waals surface area contributed by atoms with Crippen LogP contribution in [-0.2, 0) is 10.0 Å². The van der Waals surface area contributed by atoms with Crippen LogP contribution in [0.5, 0.6) is 5.75 Å². The number of aromatic nitrogens is 2. The monoisotopic (exact) mass is 391 g/mol. The second kappa shape index (κ2) is 7.61. The Morgan fingerprint density at radius 2 is 2.08 bits per heavy atom. The summed E-state index contributed by atoms with van der Waals surface area (Å²) in [6.07, 6.45) is 3.51. The molecule has 0 aliphatic rings. The van der Waals surface area contributed by atoms with Gasteiger partial charge in [-0.2, -0.15) is 16.4 Å². The Morgan fingerprint density at radius 1 is 1.31 bits per heavy atom.